The molecule has 0 aromatic carbocycles. The first kappa shape index (κ1) is 9.21. The van der Waals surface area contributed by atoms with Crippen molar-refractivity contribution in [3.05, 3.63) is 28.9 Å². The van der Waals surface area contributed by atoms with E-state index in [1.165, 1.54) is 0 Å². The Morgan fingerprint density at radius 1 is 1.43 bits per heavy atom. The fourth-order valence-electron chi connectivity index (χ4n) is 1.28. The molecule has 4 nitrogen and oxygen atoms in total. The number of nitrogens with zero attached hydrogens (tertiary/aromatic N) is 3. The molecule has 0 bridgehead atoms. The van der Waals surface area contributed by atoms with Crippen LogP contribution >= 0.6 is 15.9 Å². The Balaban J connectivity index is 2.54. The summed E-state index contributed by atoms with van der Waals surface area (Å²) in [6.07, 6.45) is 0. The van der Waals surface area contributed by atoms with E-state index in [4.69, 9.17) is 5.73 Å². The molecule has 0 aliphatic carbocycles. The summed E-state index contributed by atoms with van der Waals surface area (Å²) in [4.78, 5) is 4.32. The first-order chi connectivity index (χ1) is 6.66. The number of rotatable bonds is 1. The molecule has 2 rings (SSSR count). The average molecular weight is 253 g/mol. The van der Waals surface area contributed by atoms with Crippen molar-refractivity contribution in [3.63, 3.8) is 0 Å². The molecule has 14 heavy (non-hydrogen) atoms. The van der Waals surface area contributed by atoms with Gasteiger partial charge in [-0.2, -0.15) is 5.10 Å². The highest BCUT2D eigenvalue weighted by molar-refractivity contribution is 9.10. The van der Waals surface area contributed by atoms with Gasteiger partial charge in [-0.3, -0.25) is 4.68 Å². The molecule has 2 aromatic heterocycles. The molecule has 0 radical (unpaired) electrons. The highest BCUT2D eigenvalue weighted by Crippen LogP contribution is 2.20. The van der Waals surface area contributed by atoms with Gasteiger partial charge < -0.3 is 5.73 Å². The fourth-order valence-corrected chi connectivity index (χ4v) is 1.62. The minimum Gasteiger partial charge on any atom is -0.382 e. The van der Waals surface area contributed by atoms with Crippen molar-refractivity contribution >= 4 is 21.7 Å². The van der Waals surface area contributed by atoms with E-state index in [2.05, 4.69) is 26.0 Å². The zero-order chi connectivity index (χ0) is 10.1. The standard InChI is InChI=1S/C9H9BrN4/c1-14-7(5-9(11)13-14)6-3-2-4-8(10)12-6/h2-5H,1H3,(H2,11,13). The van der Waals surface area contributed by atoms with E-state index in [1.807, 2.05) is 25.2 Å². The van der Waals surface area contributed by atoms with Crippen molar-refractivity contribution in [1.29, 1.82) is 0 Å². The van der Waals surface area contributed by atoms with Crippen LogP contribution in [0.4, 0.5) is 5.82 Å². The summed E-state index contributed by atoms with van der Waals surface area (Å²) >= 11 is 3.32. The van der Waals surface area contributed by atoms with Gasteiger partial charge >= 0.3 is 0 Å². The molecule has 0 saturated carbocycles. The van der Waals surface area contributed by atoms with Gasteiger partial charge in [0.2, 0.25) is 0 Å². The van der Waals surface area contributed by atoms with Crippen molar-refractivity contribution in [2.24, 2.45) is 7.05 Å². The topological polar surface area (TPSA) is 56.7 Å². The average Bonchev–Trinajstić information content (AvgIpc) is 2.45. The molecule has 5 heteroatoms. The van der Waals surface area contributed by atoms with E-state index in [0.717, 1.165) is 16.0 Å². The first-order valence-electron chi connectivity index (χ1n) is 4.09. The molecule has 0 unspecified atom stereocenters. The second-order valence-electron chi connectivity index (χ2n) is 2.92. The lowest BCUT2D eigenvalue weighted by Gasteiger charge is -2.00. The Kier molecular flexibility index (Phi) is 2.25. The summed E-state index contributed by atoms with van der Waals surface area (Å²) < 4.78 is 2.51. The summed E-state index contributed by atoms with van der Waals surface area (Å²) in [7, 11) is 1.84. The zero-order valence-electron chi connectivity index (χ0n) is 7.61. The van der Waals surface area contributed by atoms with E-state index in [-0.39, 0.29) is 0 Å². The highest BCUT2D eigenvalue weighted by atomic mass is 79.9. The molecule has 0 aliphatic heterocycles. The Morgan fingerprint density at radius 3 is 2.79 bits per heavy atom. The lowest BCUT2D eigenvalue weighted by Crippen LogP contribution is -1.95. The third-order valence-corrected chi connectivity index (χ3v) is 2.32. The predicted octanol–water partition coefficient (Wildman–Crippen LogP) is 1.83. The van der Waals surface area contributed by atoms with Gasteiger partial charge in [0.05, 0.1) is 11.4 Å². The molecule has 72 valence electrons. The van der Waals surface area contributed by atoms with Crippen LogP contribution in [0.25, 0.3) is 11.4 Å². The van der Waals surface area contributed by atoms with Gasteiger partial charge in [0.1, 0.15) is 10.4 Å². The second-order valence-corrected chi connectivity index (χ2v) is 3.74. The number of anilines is 1. The molecule has 0 saturated heterocycles. The maximum Gasteiger partial charge on any atom is 0.146 e. The van der Waals surface area contributed by atoms with Crippen LogP contribution in [0.15, 0.2) is 28.9 Å². The van der Waals surface area contributed by atoms with Crippen molar-refractivity contribution in [1.82, 2.24) is 14.8 Å². The number of halogens is 1. The van der Waals surface area contributed by atoms with Crippen LogP contribution in [0.1, 0.15) is 0 Å². The minimum absolute atomic E-state index is 0.504. The van der Waals surface area contributed by atoms with Gasteiger partial charge in [0.25, 0.3) is 0 Å². The molecule has 2 N–H and O–H groups in total. The molecular weight excluding hydrogens is 244 g/mol. The molecule has 0 fully saturated rings. The van der Waals surface area contributed by atoms with Crippen molar-refractivity contribution in [3.8, 4) is 11.4 Å². The third kappa shape index (κ3) is 1.63. The van der Waals surface area contributed by atoms with Gasteiger partial charge in [-0.05, 0) is 28.1 Å². The van der Waals surface area contributed by atoms with E-state index in [0.29, 0.717) is 5.82 Å². The zero-order valence-corrected chi connectivity index (χ0v) is 9.19. The Bertz CT molecular complexity index is 464. The quantitative estimate of drug-likeness (QED) is 0.789. The number of nitrogen functional groups attached to an aromatic ring is 1. The van der Waals surface area contributed by atoms with Crippen LogP contribution in [0.2, 0.25) is 0 Å². The first-order valence-corrected chi connectivity index (χ1v) is 4.88. The van der Waals surface area contributed by atoms with Gasteiger partial charge in [-0.1, -0.05) is 6.07 Å². The van der Waals surface area contributed by atoms with Gasteiger partial charge in [0, 0.05) is 13.1 Å². The number of hydrogen-bond donors (Lipinski definition) is 1. The summed E-state index contributed by atoms with van der Waals surface area (Å²) in [5.74, 6) is 0.504. The SMILES string of the molecule is Cn1nc(N)cc1-c1cccc(Br)n1. The fraction of sp³-hybridized carbons (Fsp3) is 0.111. The number of pyridine rings is 1. The normalized spacial score (nSPS) is 10.4. The maximum atomic E-state index is 5.58. The van der Waals surface area contributed by atoms with Gasteiger partial charge in [-0.25, -0.2) is 4.98 Å². The molecule has 2 heterocycles. The Hall–Kier alpha value is -1.36. The van der Waals surface area contributed by atoms with Gasteiger partial charge in [-0.15, -0.1) is 0 Å². The van der Waals surface area contributed by atoms with E-state index >= 15 is 0 Å². The third-order valence-electron chi connectivity index (χ3n) is 1.88. The monoisotopic (exact) mass is 252 g/mol. The minimum atomic E-state index is 0.504. The maximum absolute atomic E-state index is 5.58. The molecule has 2 aromatic rings. The van der Waals surface area contributed by atoms with E-state index in [9.17, 15) is 0 Å². The number of nitrogens with two attached hydrogens (primary N) is 1. The predicted molar refractivity (Wildman–Crippen MR) is 58.6 cm³/mol. The number of aromatic nitrogens is 3. The van der Waals surface area contributed by atoms with Crippen molar-refractivity contribution in [2.45, 2.75) is 0 Å². The summed E-state index contributed by atoms with van der Waals surface area (Å²) in [6.45, 7) is 0. The van der Waals surface area contributed by atoms with Crippen LogP contribution < -0.4 is 5.73 Å². The molecule has 0 spiro atoms. The second kappa shape index (κ2) is 3.42. The Morgan fingerprint density at radius 2 is 2.21 bits per heavy atom. The largest absolute Gasteiger partial charge is 0.382 e. The summed E-state index contributed by atoms with van der Waals surface area (Å²) in [6, 6.07) is 7.52. The molecule has 0 aliphatic rings. The van der Waals surface area contributed by atoms with Crippen LogP contribution in [-0.4, -0.2) is 14.8 Å². The molecule has 0 atom stereocenters. The van der Waals surface area contributed by atoms with Crippen LogP contribution in [0, 0.1) is 0 Å². The summed E-state index contributed by atoms with van der Waals surface area (Å²) in [5.41, 5.74) is 7.34. The van der Waals surface area contributed by atoms with Crippen molar-refractivity contribution < 1.29 is 0 Å². The molecule has 0 amide bonds. The van der Waals surface area contributed by atoms with E-state index in [1.54, 1.807) is 10.7 Å². The lowest BCUT2D eigenvalue weighted by atomic mass is 10.3. The van der Waals surface area contributed by atoms with Crippen LogP contribution in [-0.2, 0) is 7.05 Å². The number of hydrogen-bond acceptors (Lipinski definition) is 3. The summed E-state index contributed by atoms with van der Waals surface area (Å²) in [5, 5.41) is 4.06. The lowest BCUT2D eigenvalue weighted by molar-refractivity contribution is 0.777. The smallest absolute Gasteiger partial charge is 0.146 e. The Labute approximate surface area is 89.9 Å². The van der Waals surface area contributed by atoms with E-state index < -0.39 is 0 Å². The highest BCUT2D eigenvalue weighted by Gasteiger charge is 2.06. The van der Waals surface area contributed by atoms with Crippen LogP contribution in [0.5, 0.6) is 0 Å². The number of aryl methyl sites for hydroxylation is 1. The van der Waals surface area contributed by atoms with Crippen molar-refractivity contribution in [2.75, 3.05) is 5.73 Å². The molecular formula is C9H9BrN4. The van der Waals surface area contributed by atoms with Gasteiger partial charge in [0.15, 0.2) is 0 Å². The van der Waals surface area contributed by atoms with Crippen LogP contribution in [0.3, 0.4) is 0 Å².